The van der Waals surface area contributed by atoms with Crippen molar-refractivity contribution in [2.24, 2.45) is 0 Å². The first-order valence-electron chi connectivity index (χ1n) is 8.40. The van der Waals surface area contributed by atoms with Gasteiger partial charge in [-0.1, -0.05) is 6.07 Å². The Morgan fingerprint density at radius 3 is 2.92 bits per heavy atom. The Bertz CT molecular complexity index is 741. The average Bonchev–Trinajstić information content (AvgIpc) is 3.29. The number of ether oxygens (including phenoxy) is 2. The molecule has 0 saturated carbocycles. The first-order valence-corrected chi connectivity index (χ1v) is 8.40. The minimum atomic E-state index is -0.251. The molecule has 132 valence electrons. The summed E-state index contributed by atoms with van der Waals surface area (Å²) in [6, 6.07) is 6.12. The summed E-state index contributed by atoms with van der Waals surface area (Å²) in [7, 11) is 1.53. The van der Waals surface area contributed by atoms with Crippen LogP contribution in [0.25, 0.3) is 0 Å². The number of morpholine rings is 1. The highest BCUT2D eigenvalue weighted by atomic mass is 16.5. The molecule has 1 atom stereocenters. The number of anilines is 1. The van der Waals surface area contributed by atoms with E-state index in [1.807, 2.05) is 0 Å². The first-order chi connectivity index (χ1) is 12.3. The summed E-state index contributed by atoms with van der Waals surface area (Å²) in [5.41, 5.74) is 3.38. The predicted octanol–water partition coefficient (Wildman–Crippen LogP) is 1.59. The molecule has 0 radical (unpaired) electrons. The summed E-state index contributed by atoms with van der Waals surface area (Å²) in [6.45, 7) is 3.86. The number of nitrogens with zero attached hydrogens (tertiary/aromatic N) is 3. The van der Waals surface area contributed by atoms with Gasteiger partial charge in [-0.25, -0.2) is 4.98 Å². The third kappa shape index (κ3) is 3.01. The summed E-state index contributed by atoms with van der Waals surface area (Å²) in [5, 5.41) is 0. The second-order valence-electron chi connectivity index (χ2n) is 6.24. The second kappa shape index (κ2) is 6.85. The van der Waals surface area contributed by atoms with Crippen LogP contribution in [0.1, 0.15) is 22.9 Å². The van der Waals surface area contributed by atoms with Crippen molar-refractivity contribution in [3.63, 3.8) is 0 Å². The van der Waals surface area contributed by atoms with Gasteiger partial charge in [0.1, 0.15) is 12.6 Å². The molecule has 2 aliphatic rings. The van der Waals surface area contributed by atoms with Crippen molar-refractivity contribution in [2.45, 2.75) is 12.6 Å². The summed E-state index contributed by atoms with van der Waals surface area (Å²) in [5.74, 6) is 0.607. The number of amides is 1. The highest BCUT2D eigenvalue weighted by Crippen LogP contribution is 2.40. The van der Waals surface area contributed by atoms with Crippen molar-refractivity contribution < 1.29 is 18.7 Å². The van der Waals surface area contributed by atoms with E-state index in [-0.39, 0.29) is 18.6 Å². The lowest BCUT2D eigenvalue weighted by Crippen LogP contribution is -2.36. The van der Waals surface area contributed by atoms with Gasteiger partial charge in [-0.2, -0.15) is 0 Å². The third-order valence-corrected chi connectivity index (χ3v) is 4.76. The summed E-state index contributed by atoms with van der Waals surface area (Å²) < 4.78 is 16.0. The molecule has 3 heterocycles. The molecule has 7 heteroatoms. The number of carbonyl (C=O) groups is 1. The van der Waals surface area contributed by atoms with Crippen molar-refractivity contribution in [1.29, 1.82) is 0 Å². The maximum atomic E-state index is 12.5. The van der Waals surface area contributed by atoms with Crippen LogP contribution >= 0.6 is 0 Å². The normalized spacial score (nSPS) is 20.0. The van der Waals surface area contributed by atoms with Gasteiger partial charge in [0.25, 0.3) is 0 Å². The minimum absolute atomic E-state index is 0.0505. The predicted molar refractivity (Wildman–Crippen MR) is 90.2 cm³/mol. The average molecular weight is 343 g/mol. The number of carbonyl (C=O) groups excluding carboxylic acids is 1. The monoisotopic (exact) mass is 343 g/mol. The zero-order valence-electron chi connectivity index (χ0n) is 14.2. The van der Waals surface area contributed by atoms with Gasteiger partial charge in [-0.15, -0.1) is 0 Å². The lowest BCUT2D eigenvalue weighted by Gasteiger charge is -2.29. The fourth-order valence-corrected chi connectivity index (χ4v) is 3.56. The summed E-state index contributed by atoms with van der Waals surface area (Å²) >= 11 is 0. The highest BCUT2D eigenvalue weighted by Gasteiger charge is 2.37. The molecule has 0 bridgehead atoms. The molecule has 0 unspecified atom stereocenters. The van der Waals surface area contributed by atoms with Crippen molar-refractivity contribution in [3.8, 4) is 0 Å². The van der Waals surface area contributed by atoms with Gasteiger partial charge in [0.15, 0.2) is 12.2 Å². The van der Waals surface area contributed by atoms with Crippen LogP contribution in [-0.4, -0.2) is 55.8 Å². The Hall–Kier alpha value is -2.38. The van der Waals surface area contributed by atoms with Gasteiger partial charge >= 0.3 is 0 Å². The molecule has 25 heavy (non-hydrogen) atoms. The molecule has 1 aromatic carbocycles. The van der Waals surface area contributed by atoms with E-state index >= 15 is 0 Å². The third-order valence-electron chi connectivity index (χ3n) is 4.76. The van der Waals surface area contributed by atoms with Crippen LogP contribution in [0.4, 0.5) is 5.69 Å². The molecular weight excluding hydrogens is 322 g/mol. The number of fused-ring (bicyclic) bond motifs is 1. The second-order valence-corrected chi connectivity index (χ2v) is 6.24. The van der Waals surface area contributed by atoms with E-state index in [4.69, 9.17) is 13.9 Å². The Morgan fingerprint density at radius 1 is 1.36 bits per heavy atom. The van der Waals surface area contributed by atoms with Crippen molar-refractivity contribution in [2.75, 3.05) is 44.9 Å². The van der Waals surface area contributed by atoms with Crippen molar-refractivity contribution in [1.82, 2.24) is 9.88 Å². The van der Waals surface area contributed by atoms with Gasteiger partial charge in [-0.3, -0.25) is 4.79 Å². The molecule has 0 aliphatic carbocycles. The Morgan fingerprint density at radius 2 is 2.20 bits per heavy atom. The summed E-state index contributed by atoms with van der Waals surface area (Å²) in [4.78, 5) is 20.6. The van der Waals surface area contributed by atoms with Gasteiger partial charge in [0.05, 0.1) is 19.4 Å². The lowest BCUT2D eigenvalue weighted by atomic mass is 10.0. The molecule has 1 fully saturated rings. The lowest BCUT2D eigenvalue weighted by molar-refractivity contribution is -0.137. The van der Waals surface area contributed by atoms with Crippen LogP contribution in [0.5, 0.6) is 0 Å². The van der Waals surface area contributed by atoms with Crippen LogP contribution in [0, 0.1) is 0 Å². The quantitative estimate of drug-likeness (QED) is 0.840. The van der Waals surface area contributed by atoms with Gasteiger partial charge in [0.2, 0.25) is 5.91 Å². The van der Waals surface area contributed by atoms with E-state index in [9.17, 15) is 4.79 Å². The Kier molecular flexibility index (Phi) is 4.42. The van der Waals surface area contributed by atoms with E-state index < -0.39 is 0 Å². The molecule has 1 saturated heterocycles. The Balaban J connectivity index is 1.67. The fourth-order valence-electron chi connectivity index (χ4n) is 3.56. The van der Waals surface area contributed by atoms with Gasteiger partial charge < -0.3 is 23.7 Å². The van der Waals surface area contributed by atoms with Gasteiger partial charge in [0, 0.05) is 32.4 Å². The molecule has 4 rings (SSSR count). The number of aromatic nitrogens is 1. The molecule has 2 aromatic rings. The molecule has 2 aliphatic heterocycles. The number of methoxy groups -OCH3 is 1. The number of rotatable bonds is 4. The maximum absolute atomic E-state index is 12.5. The van der Waals surface area contributed by atoms with Crippen molar-refractivity contribution in [3.05, 3.63) is 47.7 Å². The molecule has 0 N–H and O–H groups in total. The molecule has 1 aromatic heterocycles. The van der Waals surface area contributed by atoms with E-state index in [1.165, 1.54) is 19.2 Å². The molecular formula is C18H21N3O4. The van der Waals surface area contributed by atoms with E-state index in [1.54, 1.807) is 11.1 Å². The van der Waals surface area contributed by atoms with Crippen LogP contribution < -0.4 is 4.90 Å². The largest absolute Gasteiger partial charge is 0.446 e. The van der Waals surface area contributed by atoms with E-state index in [0.717, 1.165) is 37.4 Å². The smallest absolute Gasteiger partial charge is 0.249 e. The van der Waals surface area contributed by atoms with Crippen LogP contribution in [0.15, 0.2) is 35.2 Å². The van der Waals surface area contributed by atoms with Crippen LogP contribution in [0.3, 0.4) is 0 Å². The molecule has 0 spiro atoms. The van der Waals surface area contributed by atoms with Crippen LogP contribution in [0.2, 0.25) is 0 Å². The first kappa shape index (κ1) is 16.1. The van der Waals surface area contributed by atoms with E-state index in [0.29, 0.717) is 12.3 Å². The topological polar surface area (TPSA) is 68.0 Å². The maximum Gasteiger partial charge on any atom is 0.249 e. The van der Waals surface area contributed by atoms with Crippen LogP contribution in [-0.2, 0) is 20.8 Å². The highest BCUT2D eigenvalue weighted by molar-refractivity contribution is 5.79. The minimum Gasteiger partial charge on any atom is -0.446 e. The molecule has 1 amide bonds. The number of hydrogen-bond donors (Lipinski definition) is 0. The number of hydrogen-bond acceptors (Lipinski definition) is 6. The Labute approximate surface area is 146 Å². The van der Waals surface area contributed by atoms with Gasteiger partial charge in [-0.05, 0) is 23.3 Å². The standard InChI is InChI=1S/C18H21N3O4/c1-23-11-17(22)21-10-13-8-14(20-4-6-24-7-5-20)2-3-15(13)18(21)16-9-19-12-25-16/h2-3,8-9,12,18H,4-7,10-11H2,1H3/t18-/m0/s1. The number of oxazole rings is 1. The number of benzene rings is 1. The zero-order chi connectivity index (χ0) is 17.2. The zero-order valence-corrected chi connectivity index (χ0v) is 14.2. The molecule has 7 nitrogen and oxygen atoms in total. The van der Waals surface area contributed by atoms with Crippen molar-refractivity contribution >= 4 is 11.6 Å². The fraction of sp³-hybridized carbons (Fsp3) is 0.444. The van der Waals surface area contributed by atoms with E-state index in [2.05, 4.69) is 28.1 Å². The summed E-state index contributed by atoms with van der Waals surface area (Å²) in [6.07, 6.45) is 3.07. The SMILES string of the molecule is COCC(=O)N1Cc2cc(N3CCOCC3)ccc2[C@H]1c1cnco1.